The minimum absolute atomic E-state index is 0.141. The number of pyridine rings is 1. The molecule has 1 fully saturated rings. The molecule has 2 unspecified atom stereocenters. The number of benzene rings is 2. The van der Waals surface area contributed by atoms with Gasteiger partial charge in [-0.05, 0) is 67.1 Å². The smallest absolute Gasteiger partial charge is 0.228 e. The molecule has 2 atom stereocenters. The molecule has 0 spiro atoms. The summed E-state index contributed by atoms with van der Waals surface area (Å²) in [6.07, 6.45) is 6.67. The second-order valence-electron chi connectivity index (χ2n) is 8.42. The number of nitrogens with zero attached hydrogens (tertiary/aromatic N) is 2. The molecule has 5 rings (SSSR count). The summed E-state index contributed by atoms with van der Waals surface area (Å²) >= 11 is 0. The maximum atomic E-state index is 12.8. The number of aromatic nitrogens is 3. The highest BCUT2D eigenvalue weighted by molar-refractivity contribution is 6.08. The van der Waals surface area contributed by atoms with Gasteiger partial charge in [0.25, 0.3) is 0 Å². The van der Waals surface area contributed by atoms with Crippen molar-refractivity contribution in [3.8, 4) is 11.6 Å². The van der Waals surface area contributed by atoms with Crippen molar-refractivity contribution in [2.75, 3.05) is 0 Å². The topological polar surface area (TPSA) is 67.9 Å². The number of H-pyrrole nitrogens is 1. The molecule has 1 saturated carbocycles. The maximum Gasteiger partial charge on any atom is 0.228 e. The Morgan fingerprint density at radius 3 is 2.68 bits per heavy atom. The zero-order valence-corrected chi connectivity index (χ0v) is 17.5. The molecule has 1 aliphatic carbocycles. The van der Waals surface area contributed by atoms with Crippen molar-refractivity contribution < 1.29 is 9.53 Å². The van der Waals surface area contributed by atoms with Crippen LogP contribution in [0, 0.1) is 5.92 Å². The van der Waals surface area contributed by atoms with Crippen molar-refractivity contribution in [1.29, 1.82) is 0 Å². The van der Waals surface area contributed by atoms with Gasteiger partial charge in [0.15, 0.2) is 5.82 Å². The minimum atomic E-state index is -0.141. The number of hydrogen-bond acceptors (Lipinski definition) is 4. The molecule has 0 bridgehead atoms. The van der Waals surface area contributed by atoms with Gasteiger partial charge in [0.1, 0.15) is 5.75 Å². The largest absolute Gasteiger partial charge is 0.439 e. The molecule has 0 radical (unpaired) electrons. The quantitative estimate of drug-likeness (QED) is 0.393. The lowest BCUT2D eigenvalue weighted by atomic mass is 9.79. The fourth-order valence-electron chi connectivity index (χ4n) is 4.50. The van der Waals surface area contributed by atoms with Crippen LogP contribution in [0.15, 0.2) is 66.9 Å². The Bertz CT molecular complexity index is 1180. The number of hydrogen-bond donors (Lipinski definition) is 1. The molecular formula is C26H25N3O2. The first-order valence-electron chi connectivity index (χ1n) is 10.9. The standard InChI is InChI=1S/C26H25N3O2/c1-17-6-4-7-19(16-17)21-8-5-15-27-26(21)31-20-13-11-18(12-14-20)24(30)25-28-22-9-2-3-10-23(22)29-25/h2-3,5,8-15,17,19H,4,6-7,16H2,1H3,(H,28,29). The predicted molar refractivity (Wildman–Crippen MR) is 121 cm³/mol. The van der Waals surface area contributed by atoms with Crippen LogP contribution in [0.1, 0.15) is 60.3 Å². The van der Waals surface area contributed by atoms with Gasteiger partial charge in [-0.2, -0.15) is 0 Å². The lowest BCUT2D eigenvalue weighted by Gasteiger charge is -2.27. The average Bonchev–Trinajstić information content (AvgIpc) is 3.24. The third-order valence-electron chi connectivity index (χ3n) is 6.11. The number of fused-ring (bicyclic) bond motifs is 1. The number of carbonyl (C=O) groups excluding carboxylic acids is 1. The Balaban J connectivity index is 1.34. The van der Waals surface area contributed by atoms with E-state index in [0.717, 1.165) is 17.0 Å². The SMILES string of the molecule is CC1CCCC(c2cccnc2Oc2ccc(C(=O)c3nc4ccccc4[nH]3)cc2)C1. The van der Waals surface area contributed by atoms with Crippen LogP contribution in [-0.4, -0.2) is 20.7 Å². The van der Waals surface area contributed by atoms with Gasteiger partial charge < -0.3 is 9.72 Å². The summed E-state index contributed by atoms with van der Waals surface area (Å²) in [6.45, 7) is 2.32. The summed E-state index contributed by atoms with van der Waals surface area (Å²) in [5, 5.41) is 0. The van der Waals surface area contributed by atoms with Crippen molar-refractivity contribution in [1.82, 2.24) is 15.0 Å². The van der Waals surface area contributed by atoms with E-state index in [4.69, 9.17) is 4.74 Å². The monoisotopic (exact) mass is 411 g/mol. The fraction of sp³-hybridized carbons (Fsp3) is 0.269. The normalized spacial score (nSPS) is 18.7. The lowest BCUT2D eigenvalue weighted by molar-refractivity contribution is 0.103. The van der Waals surface area contributed by atoms with Gasteiger partial charge in [-0.1, -0.05) is 38.0 Å². The second kappa shape index (κ2) is 8.34. The molecule has 1 aliphatic rings. The van der Waals surface area contributed by atoms with Gasteiger partial charge in [0.2, 0.25) is 11.7 Å². The van der Waals surface area contributed by atoms with Gasteiger partial charge in [0, 0.05) is 17.3 Å². The second-order valence-corrected chi connectivity index (χ2v) is 8.42. The highest BCUT2D eigenvalue weighted by Crippen LogP contribution is 2.40. The van der Waals surface area contributed by atoms with E-state index in [-0.39, 0.29) is 5.78 Å². The number of aromatic amines is 1. The predicted octanol–water partition coefficient (Wildman–Crippen LogP) is 6.27. The van der Waals surface area contributed by atoms with Crippen LogP contribution in [0.25, 0.3) is 11.0 Å². The summed E-state index contributed by atoms with van der Waals surface area (Å²) in [5.74, 6) is 2.76. The Hall–Kier alpha value is -3.47. The van der Waals surface area contributed by atoms with Crippen LogP contribution in [0.2, 0.25) is 0 Å². The summed E-state index contributed by atoms with van der Waals surface area (Å²) in [5.41, 5.74) is 3.38. The van der Waals surface area contributed by atoms with Gasteiger partial charge in [-0.3, -0.25) is 4.79 Å². The summed E-state index contributed by atoms with van der Waals surface area (Å²) < 4.78 is 6.14. The first-order chi connectivity index (χ1) is 15.2. The van der Waals surface area contributed by atoms with E-state index >= 15 is 0 Å². The fourth-order valence-corrected chi connectivity index (χ4v) is 4.50. The Kier molecular flexibility index (Phi) is 5.24. The molecule has 0 saturated heterocycles. The zero-order chi connectivity index (χ0) is 21.2. The van der Waals surface area contributed by atoms with E-state index < -0.39 is 0 Å². The number of para-hydroxylation sites is 2. The molecule has 0 amide bonds. The third-order valence-corrected chi connectivity index (χ3v) is 6.11. The maximum absolute atomic E-state index is 12.8. The van der Waals surface area contributed by atoms with Crippen molar-refractivity contribution >= 4 is 16.8 Å². The summed E-state index contributed by atoms with van der Waals surface area (Å²) in [4.78, 5) is 24.8. The highest BCUT2D eigenvalue weighted by atomic mass is 16.5. The highest BCUT2D eigenvalue weighted by Gasteiger charge is 2.24. The van der Waals surface area contributed by atoms with Crippen LogP contribution in [0.5, 0.6) is 11.6 Å². The van der Waals surface area contributed by atoms with Gasteiger partial charge in [-0.25, -0.2) is 9.97 Å². The van der Waals surface area contributed by atoms with Gasteiger partial charge >= 0.3 is 0 Å². The molecule has 4 aromatic rings. The zero-order valence-electron chi connectivity index (χ0n) is 17.5. The first kappa shape index (κ1) is 19.5. The van der Waals surface area contributed by atoms with E-state index in [1.807, 2.05) is 42.5 Å². The number of imidazole rings is 1. The number of carbonyl (C=O) groups is 1. The van der Waals surface area contributed by atoms with E-state index in [0.29, 0.717) is 28.9 Å². The lowest BCUT2D eigenvalue weighted by Crippen LogP contribution is -2.12. The Labute approximate surface area is 181 Å². The number of ketones is 1. The number of ether oxygens (including phenoxy) is 1. The van der Waals surface area contributed by atoms with Crippen molar-refractivity contribution in [3.63, 3.8) is 0 Å². The molecule has 31 heavy (non-hydrogen) atoms. The van der Waals surface area contributed by atoms with Crippen molar-refractivity contribution in [3.05, 3.63) is 83.8 Å². The molecule has 0 aliphatic heterocycles. The van der Waals surface area contributed by atoms with Crippen LogP contribution in [-0.2, 0) is 0 Å². The molecule has 156 valence electrons. The van der Waals surface area contributed by atoms with Crippen LogP contribution in [0.3, 0.4) is 0 Å². The molecule has 5 nitrogen and oxygen atoms in total. The minimum Gasteiger partial charge on any atom is -0.439 e. The van der Waals surface area contributed by atoms with Crippen molar-refractivity contribution in [2.24, 2.45) is 5.92 Å². The van der Waals surface area contributed by atoms with Crippen LogP contribution in [0.4, 0.5) is 0 Å². The van der Waals surface area contributed by atoms with E-state index in [1.54, 1.807) is 18.3 Å². The number of nitrogens with one attached hydrogen (secondary N) is 1. The first-order valence-corrected chi connectivity index (χ1v) is 10.9. The van der Waals surface area contributed by atoms with Gasteiger partial charge in [0.05, 0.1) is 11.0 Å². The van der Waals surface area contributed by atoms with E-state index in [9.17, 15) is 4.79 Å². The molecular weight excluding hydrogens is 386 g/mol. The molecule has 2 heterocycles. The van der Waals surface area contributed by atoms with Gasteiger partial charge in [-0.15, -0.1) is 0 Å². The number of rotatable bonds is 5. The summed E-state index contributed by atoms with van der Waals surface area (Å²) in [6, 6.07) is 18.9. The average molecular weight is 412 g/mol. The van der Waals surface area contributed by atoms with Crippen molar-refractivity contribution in [2.45, 2.75) is 38.5 Å². The van der Waals surface area contributed by atoms with E-state index in [2.05, 4.69) is 27.9 Å². The third kappa shape index (κ3) is 4.08. The van der Waals surface area contributed by atoms with Crippen LogP contribution < -0.4 is 4.74 Å². The Morgan fingerprint density at radius 2 is 1.87 bits per heavy atom. The Morgan fingerprint density at radius 1 is 1.03 bits per heavy atom. The molecule has 2 aromatic carbocycles. The molecule has 2 aromatic heterocycles. The summed E-state index contributed by atoms with van der Waals surface area (Å²) in [7, 11) is 0. The van der Waals surface area contributed by atoms with Crippen LogP contribution >= 0.6 is 0 Å². The molecule has 5 heteroatoms. The van der Waals surface area contributed by atoms with E-state index in [1.165, 1.54) is 31.2 Å². The molecule has 1 N–H and O–H groups in total.